The summed E-state index contributed by atoms with van der Waals surface area (Å²) in [7, 11) is 0. The Morgan fingerprint density at radius 3 is 1.14 bits per heavy atom. The lowest BCUT2D eigenvalue weighted by Crippen LogP contribution is -1.85. The zero-order chi connectivity index (χ0) is 12.0. The highest BCUT2D eigenvalue weighted by molar-refractivity contribution is 4.98. The maximum Gasteiger partial charge on any atom is 0.0558 e. The molecule has 0 fully saturated rings. The van der Waals surface area contributed by atoms with Crippen molar-refractivity contribution >= 4 is 0 Å². The van der Waals surface area contributed by atoms with Crippen LogP contribution in [0.4, 0.5) is 0 Å². The molecule has 1 aromatic rings. The predicted octanol–water partition coefficient (Wildman–Crippen LogP) is 4.17. The Labute approximate surface area is 89.8 Å². The Morgan fingerprint density at radius 2 is 1.00 bits per heavy atom. The Morgan fingerprint density at radius 1 is 0.714 bits per heavy atom. The van der Waals surface area contributed by atoms with E-state index in [0.717, 1.165) is 11.4 Å². The van der Waals surface area contributed by atoms with Gasteiger partial charge in [0.25, 0.3) is 0 Å². The van der Waals surface area contributed by atoms with Gasteiger partial charge in [-0.15, -0.1) is 0 Å². The Bertz CT molecular complexity index is 168. The van der Waals surface area contributed by atoms with E-state index >= 15 is 0 Å². The molecular weight excluding hydrogens is 172 g/mol. The summed E-state index contributed by atoms with van der Waals surface area (Å²) >= 11 is 0. The third-order valence-electron chi connectivity index (χ3n) is 0.875. The van der Waals surface area contributed by atoms with E-state index < -0.39 is 0 Å². The van der Waals surface area contributed by atoms with Gasteiger partial charge in [-0.1, -0.05) is 41.5 Å². The highest BCUT2D eigenvalue weighted by Gasteiger charge is 1.83. The highest BCUT2D eigenvalue weighted by atomic mass is 14.8. The van der Waals surface area contributed by atoms with E-state index in [-0.39, 0.29) is 0 Å². The molecule has 0 unspecified atom stereocenters. The quantitative estimate of drug-likeness (QED) is 0.625. The summed E-state index contributed by atoms with van der Waals surface area (Å²) in [6.07, 6.45) is 3.49. The fourth-order valence-electron chi connectivity index (χ4n) is 0.589. The van der Waals surface area contributed by atoms with Crippen molar-refractivity contribution in [1.29, 1.82) is 0 Å². The van der Waals surface area contributed by atoms with Crippen LogP contribution in [0.3, 0.4) is 0 Å². The van der Waals surface area contributed by atoms with Gasteiger partial charge in [0, 0.05) is 12.4 Å². The molecule has 0 saturated carbocycles. The van der Waals surface area contributed by atoms with E-state index in [4.69, 9.17) is 0 Å². The highest BCUT2D eigenvalue weighted by Crippen LogP contribution is 1.89. The van der Waals surface area contributed by atoms with E-state index in [1.165, 1.54) is 0 Å². The van der Waals surface area contributed by atoms with Crippen molar-refractivity contribution in [2.75, 3.05) is 0 Å². The first kappa shape index (κ1) is 18.8. The standard InChI is InChI=1S/C6H8N2.3C2H6/c1-5-3-7-4-6(2)8-5;3*1-2/h3-4H,1-2H3;3*1-2H3. The second-order valence-electron chi connectivity index (χ2n) is 1.80. The first-order valence-corrected chi connectivity index (χ1v) is 5.54. The zero-order valence-corrected chi connectivity index (χ0v) is 11.0. The van der Waals surface area contributed by atoms with Crippen molar-refractivity contribution in [3.8, 4) is 0 Å². The summed E-state index contributed by atoms with van der Waals surface area (Å²) in [6.45, 7) is 15.9. The van der Waals surface area contributed by atoms with E-state index in [2.05, 4.69) is 9.97 Å². The van der Waals surface area contributed by atoms with Crippen molar-refractivity contribution in [3.05, 3.63) is 23.8 Å². The van der Waals surface area contributed by atoms with Crippen LogP contribution < -0.4 is 0 Å². The van der Waals surface area contributed by atoms with Gasteiger partial charge in [0.15, 0.2) is 0 Å². The molecule has 14 heavy (non-hydrogen) atoms. The monoisotopic (exact) mass is 198 g/mol. The number of hydrogen-bond donors (Lipinski definition) is 0. The van der Waals surface area contributed by atoms with E-state index in [0.29, 0.717) is 0 Å². The van der Waals surface area contributed by atoms with Crippen LogP contribution in [0.1, 0.15) is 52.9 Å². The molecule has 0 bridgehead atoms. The van der Waals surface area contributed by atoms with Gasteiger partial charge in [0.05, 0.1) is 11.4 Å². The number of rotatable bonds is 0. The van der Waals surface area contributed by atoms with Crippen LogP contribution in [0.25, 0.3) is 0 Å². The van der Waals surface area contributed by atoms with Crippen LogP contribution in [-0.2, 0) is 0 Å². The lowest BCUT2D eigenvalue weighted by Gasteiger charge is -1.89. The van der Waals surface area contributed by atoms with Crippen molar-refractivity contribution in [1.82, 2.24) is 9.97 Å². The largest absolute Gasteiger partial charge is 0.261 e. The van der Waals surface area contributed by atoms with Gasteiger partial charge in [-0.2, -0.15) is 0 Å². The summed E-state index contributed by atoms with van der Waals surface area (Å²) in [4.78, 5) is 8.03. The van der Waals surface area contributed by atoms with Gasteiger partial charge in [-0.3, -0.25) is 9.97 Å². The summed E-state index contributed by atoms with van der Waals surface area (Å²) in [5.74, 6) is 0. The maximum atomic E-state index is 4.11. The van der Waals surface area contributed by atoms with Gasteiger partial charge in [0.1, 0.15) is 0 Å². The second kappa shape index (κ2) is 18.0. The minimum Gasteiger partial charge on any atom is -0.261 e. The first-order chi connectivity index (χ1) is 6.79. The van der Waals surface area contributed by atoms with E-state index in [1.807, 2.05) is 55.4 Å². The second-order valence-corrected chi connectivity index (χ2v) is 1.80. The Balaban J connectivity index is -0.000000174. The van der Waals surface area contributed by atoms with Gasteiger partial charge in [-0.25, -0.2) is 0 Å². The molecule has 0 aliphatic carbocycles. The van der Waals surface area contributed by atoms with Gasteiger partial charge in [-0.05, 0) is 13.8 Å². The average Bonchev–Trinajstić information content (AvgIpc) is 2.26. The molecule has 0 aliphatic rings. The van der Waals surface area contributed by atoms with Crippen molar-refractivity contribution in [2.45, 2.75) is 55.4 Å². The minimum atomic E-state index is 0.977. The molecule has 0 spiro atoms. The normalized spacial score (nSPS) is 6.57. The van der Waals surface area contributed by atoms with Crippen LogP contribution in [-0.4, -0.2) is 9.97 Å². The minimum absolute atomic E-state index is 0.977. The smallest absolute Gasteiger partial charge is 0.0558 e. The summed E-state index contributed by atoms with van der Waals surface area (Å²) < 4.78 is 0. The molecule has 2 heteroatoms. The third kappa shape index (κ3) is 13.7. The van der Waals surface area contributed by atoms with Crippen LogP contribution in [0.15, 0.2) is 12.4 Å². The molecule has 0 radical (unpaired) electrons. The number of aromatic nitrogens is 2. The molecule has 0 aliphatic heterocycles. The molecule has 0 aromatic carbocycles. The molecule has 0 atom stereocenters. The maximum absolute atomic E-state index is 4.11. The molecule has 0 saturated heterocycles. The van der Waals surface area contributed by atoms with Crippen LogP contribution in [0.2, 0.25) is 0 Å². The lowest BCUT2D eigenvalue weighted by molar-refractivity contribution is 1.05. The average molecular weight is 198 g/mol. The topological polar surface area (TPSA) is 25.8 Å². The molecule has 1 heterocycles. The van der Waals surface area contributed by atoms with Crippen molar-refractivity contribution in [3.63, 3.8) is 0 Å². The zero-order valence-electron chi connectivity index (χ0n) is 11.0. The molecule has 2 nitrogen and oxygen atoms in total. The van der Waals surface area contributed by atoms with Crippen LogP contribution in [0.5, 0.6) is 0 Å². The van der Waals surface area contributed by atoms with E-state index in [9.17, 15) is 0 Å². The van der Waals surface area contributed by atoms with Crippen molar-refractivity contribution < 1.29 is 0 Å². The first-order valence-electron chi connectivity index (χ1n) is 5.54. The van der Waals surface area contributed by atoms with Gasteiger partial charge < -0.3 is 0 Å². The molecule has 0 N–H and O–H groups in total. The van der Waals surface area contributed by atoms with Gasteiger partial charge in [0.2, 0.25) is 0 Å². The molecule has 0 amide bonds. The van der Waals surface area contributed by atoms with E-state index in [1.54, 1.807) is 12.4 Å². The predicted molar refractivity (Wildman–Crippen MR) is 65.6 cm³/mol. The fraction of sp³-hybridized carbons (Fsp3) is 0.667. The molecule has 84 valence electrons. The van der Waals surface area contributed by atoms with Crippen LogP contribution >= 0.6 is 0 Å². The number of aryl methyl sites for hydroxylation is 2. The lowest BCUT2D eigenvalue weighted by atomic mass is 10.4. The molecular formula is C12H26N2. The SMILES string of the molecule is CC.CC.CC.Cc1cncc(C)n1. The summed E-state index contributed by atoms with van der Waals surface area (Å²) in [6, 6.07) is 0. The number of hydrogen-bond acceptors (Lipinski definition) is 2. The van der Waals surface area contributed by atoms with Crippen LogP contribution in [0, 0.1) is 13.8 Å². The molecule has 1 aromatic heterocycles. The summed E-state index contributed by atoms with van der Waals surface area (Å²) in [5, 5.41) is 0. The Hall–Kier alpha value is -0.920. The summed E-state index contributed by atoms with van der Waals surface area (Å²) in [5.41, 5.74) is 1.95. The van der Waals surface area contributed by atoms with Crippen molar-refractivity contribution in [2.24, 2.45) is 0 Å². The number of nitrogens with zero attached hydrogens (tertiary/aromatic N) is 2. The van der Waals surface area contributed by atoms with Gasteiger partial charge >= 0.3 is 0 Å². The Kier molecular flexibility index (Phi) is 24.1. The fourth-order valence-corrected chi connectivity index (χ4v) is 0.589. The molecule has 1 rings (SSSR count). The third-order valence-corrected chi connectivity index (χ3v) is 0.875.